The molecule has 3 rings (SSSR count). The number of hydrogen-bond donors (Lipinski definition) is 1. The van der Waals surface area contributed by atoms with E-state index in [9.17, 15) is 0 Å². The molecule has 0 atom stereocenters. The van der Waals surface area contributed by atoms with Crippen LogP contribution in [0.1, 0.15) is 5.56 Å². The maximum Gasteiger partial charge on any atom is 0.258 e. The minimum atomic E-state index is 0.511. The van der Waals surface area contributed by atoms with E-state index in [0.29, 0.717) is 11.7 Å². The molecule has 2 N–H and O–H groups in total. The van der Waals surface area contributed by atoms with Crippen LogP contribution in [0.5, 0.6) is 0 Å². The van der Waals surface area contributed by atoms with Crippen molar-refractivity contribution in [1.82, 2.24) is 10.1 Å². The van der Waals surface area contributed by atoms with Gasteiger partial charge in [-0.15, -0.1) is 11.3 Å². The van der Waals surface area contributed by atoms with Crippen LogP contribution in [0.25, 0.3) is 22.2 Å². The molecule has 4 nitrogen and oxygen atoms in total. The van der Waals surface area contributed by atoms with Gasteiger partial charge in [-0.3, -0.25) is 0 Å². The second kappa shape index (κ2) is 4.79. The molecule has 0 fully saturated rings. The molecule has 0 aliphatic carbocycles. The van der Waals surface area contributed by atoms with Crippen molar-refractivity contribution in [1.29, 1.82) is 0 Å². The van der Waals surface area contributed by atoms with Crippen molar-refractivity contribution in [2.75, 3.05) is 5.73 Å². The molecule has 3 aromatic rings. The van der Waals surface area contributed by atoms with Gasteiger partial charge >= 0.3 is 0 Å². The van der Waals surface area contributed by atoms with E-state index in [-0.39, 0.29) is 0 Å². The van der Waals surface area contributed by atoms with Gasteiger partial charge in [0.25, 0.3) is 5.89 Å². The molecule has 0 amide bonds. The second-order valence-electron chi connectivity index (χ2n) is 4.10. The van der Waals surface area contributed by atoms with Crippen molar-refractivity contribution in [3.8, 4) is 22.2 Å². The molecule has 0 aliphatic rings. The molecule has 0 unspecified atom stereocenters. The summed E-state index contributed by atoms with van der Waals surface area (Å²) in [6, 6.07) is 9.53. The minimum Gasteiger partial charge on any atom is -0.399 e. The molecule has 2 aromatic heterocycles. The Hall–Kier alpha value is -1.66. The zero-order valence-electron chi connectivity index (χ0n) is 10.1. The summed E-state index contributed by atoms with van der Waals surface area (Å²) in [5.41, 5.74) is 8.38. The van der Waals surface area contributed by atoms with Crippen LogP contribution in [0, 0.1) is 6.92 Å². The first-order valence-electron chi connectivity index (χ1n) is 5.59. The maximum atomic E-state index is 5.73. The Labute approximate surface area is 122 Å². The van der Waals surface area contributed by atoms with Crippen LogP contribution < -0.4 is 5.73 Å². The summed E-state index contributed by atoms with van der Waals surface area (Å²) in [4.78, 5) is 5.39. The normalized spacial score (nSPS) is 10.8. The van der Waals surface area contributed by atoms with E-state index in [2.05, 4.69) is 26.1 Å². The fourth-order valence-corrected chi connectivity index (χ4v) is 3.11. The predicted octanol–water partition coefficient (Wildman–Crippen LogP) is 4.12. The summed E-state index contributed by atoms with van der Waals surface area (Å²) in [5, 5.41) is 4.01. The Morgan fingerprint density at radius 3 is 2.79 bits per heavy atom. The first kappa shape index (κ1) is 12.4. The Kier molecular flexibility index (Phi) is 3.12. The fourth-order valence-electron chi connectivity index (χ4n) is 1.79. The van der Waals surface area contributed by atoms with E-state index in [1.165, 1.54) is 0 Å². The zero-order valence-corrected chi connectivity index (χ0v) is 12.5. The highest BCUT2D eigenvalue weighted by Gasteiger charge is 2.13. The Morgan fingerprint density at radius 1 is 1.26 bits per heavy atom. The number of aryl methyl sites for hydroxylation is 1. The summed E-state index contributed by atoms with van der Waals surface area (Å²) >= 11 is 4.99. The van der Waals surface area contributed by atoms with Gasteiger partial charge in [0.1, 0.15) is 0 Å². The van der Waals surface area contributed by atoms with Gasteiger partial charge in [0, 0.05) is 11.3 Å². The number of halogens is 1. The third kappa shape index (κ3) is 2.41. The van der Waals surface area contributed by atoms with Gasteiger partial charge in [0.15, 0.2) is 0 Å². The van der Waals surface area contributed by atoms with Crippen LogP contribution in [-0.2, 0) is 0 Å². The second-order valence-corrected chi connectivity index (χ2v) is 6.56. The van der Waals surface area contributed by atoms with Crippen molar-refractivity contribution in [2.45, 2.75) is 6.92 Å². The predicted molar refractivity (Wildman–Crippen MR) is 79.9 cm³/mol. The van der Waals surface area contributed by atoms with Gasteiger partial charge in [0.05, 0.1) is 8.66 Å². The molecular formula is C13H10BrN3OS. The fraction of sp³-hybridized carbons (Fsp3) is 0.0769. The maximum absolute atomic E-state index is 5.73. The van der Waals surface area contributed by atoms with Crippen LogP contribution in [0.3, 0.4) is 0 Å². The average molecular weight is 336 g/mol. The average Bonchev–Trinajstić information content (AvgIpc) is 2.97. The third-order valence-electron chi connectivity index (χ3n) is 2.70. The SMILES string of the molecule is Cc1cc(N)ccc1-c1nc(-c2ccc(Br)s2)no1. The largest absolute Gasteiger partial charge is 0.399 e. The number of aromatic nitrogens is 2. The number of nitrogens with zero attached hydrogens (tertiary/aromatic N) is 2. The number of nitrogens with two attached hydrogens (primary N) is 1. The van der Waals surface area contributed by atoms with Gasteiger partial charge in [-0.1, -0.05) is 5.16 Å². The molecule has 1 aromatic carbocycles. The number of anilines is 1. The number of thiophene rings is 1. The molecule has 0 bridgehead atoms. The highest BCUT2D eigenvalue weighted by Crippen LogP contribution is 2.31. The summed E-state index contributed by atoms with van der Waals surface area (Å²) in [5.74, 6) is 1.11. The van der Waals surface area contributed by atoms with E-state index in [1.54, 1.807) is 11.3 Å². The molecule has 96 valence electrons. The van der Waals surface area contributed by atoms with Gasteiger partial charge in [0.2, 0.25) is 5.82 Å². The van der Waals surface area contributed by atoms with E-state index < -0.39 is 0 Å². The number of benzene rings is 1. The highest BCUT2D eigenvalue weighted by molar-refractivity contribution is 9.11. The molecule has 0 saturated carbocycles. The van der Waals surface area contributed by atoms with Crippen molar-refractivity contribution >= 4 is 33.0 Å². The lowest BCUT2D eigenvalue weighted by molar-refractivity contribution is 0.432. The standard InChI is InChI=1S/C13H10BrN3OS/c1-7-6-8(15)2-3-9(7)13-16-12(17-18-13)10-4-5-11(14)19-10/h2-6H,15H2,1H3. The van der Waals surface area contributed by atoms with Gasteiger partial charge in [-0.05, 0) is 58.7 Å². The first-order valence-corrected chi connectivity index (χ1v) is 7.20. The monoisotopic (exact) mass is 335 g/mol. The molecule has 6 heteroatoms. The van der Waals surface area contributed by atoms with Gasteiger partial charge in [-0.25, -0.2) is 0 Å². The quantitative estimate of drug-likeness (QED) is 0.715. The van der Waals surface area contributed by atoms with E-state index in [4.69, 9.17) is 10.3 Å². The van der Waals surface area contributed by atoms with Crippen LogP contribution >= 0.6 is 27.3 Å². The van der Waals surface area contributed by atoms with Gasteiger partial charge < -0.3 is 10.3 Å². The van der Waals surface area contributed by atoms with E-state index in [1.807, 2.05) is 37.3 Å². The van der Waals surface area contributed by atoms with E-state index >= 15 is 0 Å². The lowest BCUT2D eigenvalue weighted by Gasteiger charge is -2.00. The third-order valence-corrected chi connectivity index (χ3v) is 4.32. The molecule has 0 spiro atoms. The summed E-state index contributed by atoms with van der Waals surface area (Å²) in [6.07, 6.45) is 0. The van der Waals surface area contributed by atoms with E-state index in [0.717, 1.165) is 25.5 Å². The van der Waals surface area contributed by atoms with Crippen molar-refractivity contribution < 1.29 is 4.52 Å². The molecule has 0 saturated heterocycles. The smallest absolute Gasteiger partial charge is 0.258 e. The highest BCUT2D eigenvalue weighted by atomic mass is 79.9. The number of rotatable bonds is 2. The van der Waals surface area contributed by atoms with Crippen molar-refractivity contribution in [3.63, 3.8) is 0 Å². The lowest BCUT2D eigenvalue weighted by atomic mass is 10.1. The summed E-state index contributed by atoms with van der Waals surface area (Å²) in [6.45, 7) is 1.97. The summed E-state index contributed by atoms with van der Waals surface area (Å²) in [7, 11) is 0. The minimum absolute atomic E-state index is 0.511. The summed E-state index contributed by atoms with van der Waals surface area (Å²) < 4.78 is 6.36. The van der Waals surface area contributed by atoms with Crippen LogP contribution in [0.2, 0.25) is 0 Å². The van der Waals surface area contributed by atoms with Crippen molar-refractivity contribution in [3.05, 3.63) is 39.7 Å². The number of nitrogen functional groups attached to an aromatic ring is 1. The Bertz CT molecular complexity index is 735. The first-order chi connectivity index (χ1) is 9.13. The van der Waals surface area contributed by atoms with Gasteiger partial charge in [-0.2, -0.15) is 4.98 Å². The molecule has 19 heavy (non-hydrogen) atoms. The molecular weight excluding hydrogens is 326 g/mol. The molecule has 2 heterocycles. The zero-order chi connectivity index (χ0) is 13.4. The van der Waals surface area contributed by atoms with Crippen LogP contribution in [-0.4, -0.2) is 10.1 Å². The van der Waals surface area contributed by atoms with Crippen molar-refractivity contribution in [2.24, 2.45) is 0 Å². The van der Waals surface area contributed by atoms with Crippen LogP contribution in [0.15, 0.2) is 38.6 Å². The number of hydrogen-bond acceptors (Lipinski definition) is 5. The topological polar surface area (TPSA) is 64.9 Å². The Morgan fingerprint density at radius 2 is 2.11 bits per heavy atom. The molecule has 0 radical (unpaired) electrons. The van der Waals surface area contributed by atoms with Crippen LogP contribution in [0.4, 0.5) is 5.69 Å². The lowest BCUT2D eigenvalue weighted by Crippen LogP contribution is -1.88. The molecule has 0 aliphatic heterocycles. The Balaban J connectivity index is 2.01.